The fourth-order valence-electron chi connectivity index (χ4n) is 4.84. The zero-order valence-electron chi connectivity index (χ0n) is 21.7. The fourth-order valence-corrected chi connectivity index (χ4v) is 5.32. The molecule has 1 atom stereocenters. The third-order valence-corrected chi connectivity index (χ3v) is 7.05. The van der Waals surface area contributed by atoms with E-state index in [1.807, 2.05) is 30.4 Å². The number of nitrogens with one attached hydrogen (secondary N) is 1. The molecule has 0 aromatic heterocycles. The van der Waals surface area contributed by atoms with E-state index in [-0.39, 0.29) is 11.8 Å². The van der Waals surface area contributed by atoms with E-state index in [9.17, 15) is 4.79 Å². The van der Waals surface area contributed by atoms with Crippen molar-refractivity contribution in [2.75, 3.05) is 5.32 Å². The standard InChI is InChI=1S/C32H36BrNO/c1-8-9-26(20(2)3)19-30(29-15-12-27(33)18-22(29)5)32(35)34-28-13-10-25(11-14-28)31-23(6)16-21(4)17-24(31)7/h8-18,20,30H,1,19H2,2-7H3,(H,34,35)/b26-9-. The molecular weight excluding hydrogens is 494 g/mol. The van der Waals surface area contributed by atoms with Crippen molar-refractivity contribution in [2.45, 2.75) is 53.9 Å². The Labute approximate surface area is 219 Å². The summed E-state index contributed by atoms with van der Waals surface area (Å²) in [5.41, 5.74) is 10.4. The number of hydrogen-bond donors (Lipinski definition) is 1. The number of rotatable bonds is 8. The molecule has 0 aliphatic rings. The van der Waals surface area contributed by atoms with E-state index < -0.39 is 0 Å². The number of aryl methyl sites for hydroxylation is 4. The molecule has 182 valence electrons. The summed E-state index contributed by atoms with van der Waals surface area (Å²) >= 11 is 3.55. The molecule has 2 nitrogen and oxygen atoms in total. The molecule has 3 heteroatoms. The van der Waals surface area contributed by atoms with Crippen LogP contribution in [0.3, 0.4) is 0 Å². The van der Waals surface area contributed by atoms with Gasteiger partial charge >= 0.3 is 0 Å². The zero-order chi connectivity index (χ0) is 25.7. The Balaban J connectivity index is 1.91. The Kier molecular flexibility index (Phi) is 8.91. The minimum Gasteiger partial charge on any atom is -0.326 e. The highest BCUT2D eigenvalue weighted by atomic mass is 79.9. The first-order valence-corrected chi connectivity index (χ1v) is 13.0. The van der Waals surface area contributed by atoms with E-state index >= 15 is 0 Å². The fraction of sp³-hybridized carbons (Fsp3) is 0.281. The van der Waals surface area contributed by atoms with E-state index in [0.29, 0.717) is 12.3 Å². The molecule has 0 heterocycles. The largest absolute Gasteiger partial charge is 0.326 e. The van der Waals surface area contributed by atoms with Gasteiger partial charge in [0.15, 0.2) is 0 Å². The zero-order valence-corrected chi connectivity index (χ0v) is 23.3. The van der Waals surface area contributed by atoms with Crippen molar-refractivity contribution in [1.29, 1.82) is 0 Å². The van der Waals surface area contributed by atoms with E-state index in [4.69, 9.17) is 0 Å². The van der Waals surface area contributed by atoms with Crippen molar-refractivity contribution in [1.82, 2.24) is 0 Å². The quantitative estimate of drug-likeness (QED) is 0.289. The topological polar surface area (TPSA) is 29.1 Å². The maximum Gasteiger partial charge on any atom is 0.232 e. The SMILES string of the molecule is C=C/C=C(/CC(C(=O)Nc1ccc(-c2c(C)cc(C)cc2C)cc1)c1ccc(Br)cc1C)C(C)C. The number of carbonyl (C=O) groups excluding carboxylic acids is 1. The number of carbonyl (C=O) groups is 1. The highest BCUT2D eigenvalue weighted by Crippen LogP contribution is 2.33. The highest BCUT2D eigenvalue weighted by Gasteiger charge is 2.25. The molecule has 1 N–H and O–H groups in total. The van der Waals surface area contributed by atoms with Gasteiger partial charge in [-0.3, -0.25) is 4.79 Å². The lowest BCUT2D eigenvalue weighted by Crippen LogP contribution is -2.23. The van der Waals surface area contributed by atoms with Crippen LogP contribution in [0.15, 0.2) is 83.4 Å². The molecule has 1 unspecified atom stereocenters. The Bertz CT molecular complexity index is 1230. The van der Waals surface area contributed by atoms with E-state index in [2.05, 4.69) is 106 Å². The van der Waals surface area contributed by atoms with Crippen LogP contribution in [0, 0.1) is 33.6 Å². The first-order valence-electron chi connectivity index (χ1n) is 12.2. The van der Waals surface area contributed by atoms with Gasteiger partial charge in [-0.05, 0) is 97.7 Å². The van der Waals surface area contributed by atoms with Crippen LogP contribution in [0.4, 0.5) is 5.69 Å². The second-order valence-corrected chi connectivity index (χ2v) is 10.6. The van der Waals surface area contributed by atoms with Gasteiger partial charge in [0.2, 0.25) is 5.91 Å². The Morgan fingerprint density at radius 3 is 2.11 bits per heavy atom. The Morgan fingerprint density at radius 2 is 1.57 bits per heavy atom. The molecule has 0 spiro atoms. The molecule has 0 bridgehead atoms. The smallest absolute Gasteiger partial charge is 0.232 e. The molecule has 0 radical (unpaired) electrons. The Morgan fingerprint density at radius 1 is 0.943 bits per heavy atom. The molecule has 3 aromatic rings. The van der Waals surface area contributed by atoms with Gasteiger partial charge in [-0.1, -0.05) is 90.0 Å². The first kappa shape index (κ1) is 26.7. The van der Waals surface area contributed by atoms with E-state index in [1.165, 1.54) is 27.8 Å². The molecule has 3 aromatic carbocycles. The number of hydrogen-bond acceptors (Lipinski definition) is 1. The summed E-state index contributed by atoms with van der Waals surface area (Å²) < 4.78 is 1.01. The van der Waals surface area contributed by atoms with Crippen LogP contribution in [0.25, 0.3) is 11.1 Å². The molecule has 0 aliphatic heterocycles. The van der Waals surface area contributed by atoms with Gasteiger partial charge in [0.05, 0.1) is 5.92 Å². The summed E-state index contributed by atoms with van der Waals surface area (Å²) in [5.74, 6) is 0.0405. The number of halogens is 1. The lowest BCUT2D eigenvalue weighted by Gasteiger charge is -2.23. The predicted molar refractivity (Wildman–Crippen MR) is 154 cm³/mol. The van der Waals surface area contributed by atoms with E-state index in [0.717, 1.165) is 26.9 Å². The monoisotopic (exact) mass is 529 g/mol. The summed E-state index contributed by atoms with van der Waals surface area (Å²) in [6.07, 6.45) is 4.50. The summed E-state index contributed by atoms with van der Waals surface area (Å²) in [6.45, 7) is 16.7. The van der Waals surface area contributed by atoms with Crippen LogP contribution >= 0.6 is 15.9 Å². The van der Waals surface area contributed by atoms with Crippen LogP contribution < -0.4 is 5.32 Å². The molecule has 0 fully saturated rings. The third kappa shape index (κ3) is 6.61. The van der Waals surface area contributed by atoms with Crippen molar-refractivity contribution in [3.8, 4) is 11.1 Å². The van der Waals surface area contributed by atoms with Crippen molar-refractivity contribution < 1.29 is 4.79 Å². The lowest BCUT2D eigenvalue weighted by atomic mass is 9.85. The third-order valence-electron chi connectivity index (χ3n) is 6.56. The number of allylic oxidation sites excluding steroid dienone is 3. The van der Waals surface area contributed by atoms with Gasteiger partial charge in [-0.15, -0.1) is 0 Å². The highest BCUT2D eigenvalue weighted by molar-refractivity contribution is 9.10. The molecule has 0 saturated heterocycles. The predicted octanol–water partition coefficient (Wildman–Crippen LogP) is 9.23. The van der Waals surface area contributed by atoms with Gasteiger partial charge in [-0.2, -0.15) is 0 Å². The molecule has 0 saturated carbocycles. The average molecular weight is 531 g/mol. The number of anilines is 1. The number of benzene rings is 3. The van der Waals surface area contributed by atoms with Crippen LogP contribution in [-0.2, 0) is 4.79 Å². The molecular formula is C32H36BrNO. The van der Waals surface area contributed by atoms with E-state index in [1.54, 1.807) is 0 Å². The van der Waals surface area contributed by atoms with Crippen molar-refractivity contribution >= 4 is 27.5 Å². The normalized spacial score (nSPS) is 12.5. The van der Waals surface area contributed by atoms with Crippen molar-refractivity contribution in [2.24, 2.45) is 5.92 Å². The van der Waals surface area contributed by atoms with Crippen LogP contribution in [0.5, 0.6) is 0 Å². The van der Waals surface area contributed by atoms with Gasteiger partial charge in [0.1, 0.15) is 0 Å². The second kappa shape index (κ2) is 11.7. The Hall–Kier alpha value is -2.91. The summed E-state index contributed by atoms with van der Waals surface area (Å²) in [7, 11) is 0. The summed E-state index contributed by atoms with van der Waals surface area (Å²) in [5, 5.41) is 3.18. The van der Waals surface area contributed by atoms with Crippen LogP contribution in [0.1, 0.15) is 54.0 Å². The molecule has 1 amide bonds. The number of amides is 1. The molecule has 35 heavy (non-hydrogen) atoms. The first-order chi connectivity index (χ1) is 16.6. The maximum absolute atomic E-state index is 13.6. The van der Waals surface area contributed by atoms with Crippen LogP contribution in [0.2, 0.25) is 0 Å². The average Bonchev–Trinajstić information content (AvgIpc) is 2.77. The summed E-state index contributed by atoms with van der Waals surface area (Å²) in [4.78, 5) is 13.6. The van der Waals surface area contributed by atoms with Crippen molar-refractivity contribution in [3.63, 3.8) is 0 Å². The minimum absolute atomic E-state index is 0.00137. The molecule has 0 aliphatic carbocycles. The minimum atomic E-state index is -0.294. The lowest BCUT2D eigenvalue weighted by molar-refractivity contribution is -0.117. The van der Waals surface area contributed by atoms with Gasteiger partial charge < -0.3 is 5.32 Å². The maximum atomic E-state index is 13.6. The molecule has 3 rings (SSSR count). The second-order valence-electron chi connectivity index (χ2n) is 9.73. The van der Waals surface area contributed by atoms with Crippen molar-refractivity contribution in [3.05, 3.63) is 111 Å². The summed E-state index contributed by atoms with van der Waals surface area (Å²) in [6, 6.07) is 18.8. The van der Waals surface area contributed by atoms with Gasteiger partial charge in [0.25, 0.3) is 0 Å². The van der Waals surface area contributed by atoms with Gasteiger partial charge in [0, 0.05) is 10.2 Å². The van der Waals surface area contributed by atoms with Crippen LogP contribution in [-0.4, -0.2) is 5.91 Å². The van der Waals surface area contributed by atoms with Gasteiger partial charge in [-0.25, -0.2) is 0 Å².